The van der Waals surface area contributed by atoms with Crippen LogP contribution in [-0.2, 0) is 6.54 Å². The van der Waals surface area contributed by atoms with E-state index in [4.69, 9.17) is 28.9 Å². The fourth-order valence-corrected chi connectivity index (χ4v) is 1.63. The van der Waals surface area contributed by atoms with Gasteiger partial charge in [0.25, 0.3) is 0 Å². The maximum atomic E-state index is 6.02. The number of hydrogen-bond acceptors (Lipinski definition) is 2. The van der Waals surface area contributed by atoms with Crippen LogP contribution in [0.1, 0.15) is 5.56 Å². The van der Waals surface area contributed by atoms with Crippen LogP contribution in [0.2, 0.25) is 10.0 Å². The van der Waals surface area contributed by atoms with Gasteiger partial charge in [0.1, 0.15) is 0 Å². The summed E-state index contributed by atoms with van der Waals surface area (Å²) in [6.07, 6.45) is 0. The van der Waals surface area contributed by atoms with Crippen LogP contribution >= 0.6 is 23.2 Å². The van der Waals surface area contributed by atoms with Crippen LogP contribution in [-0.4, -0.2) is 25.0 Å². The van der Waals surface area contributed by atoms with Crippen molar-refractivity contribution in [2.75, 3.05) is 20.1 Å². The molecule has 0 amide bonds. The van der Waals surface area contributed by atoms with E-state index in [1.54, 1.807) is 6.07 Å². The summed E-state index contributed by atoms with van der Waals surface area (Å²) in [6, 6.07) is 5.49. The molecule has 0 spiro atoms. The van der Waals surface area contributed by atoms with Gasteiger partial charge in [-0.2, -0.15) is 0 Å². The lowest BCUT2D eigenvalue weighted by molar-refractivity contribution is 0.336. The van der Waals surface area contributed by atoms with E-state index in [9.17, 15) is 0 Å². The third-order valence-corrected chi connectivity index (χ3v) is 2.56. The van der Waals surface area contributed by atoms with E-state index >= 15 is 0 Å². The highest BCUT2D eigenvalue weighted by Gasteiger charge is 2.04. The van der Waals surface area contributed by atoms with Gasteiger partial charge in [-0.25, -0.2) is 0 Å². The Bertz CT molecular complexity index is 302. The average Bonchev–Trinajstić information content (AvgIpc) is 2.12. The maximum absolute atomic E-state index is 6.02. The van der Waals surface area contributed by atoms with Crippen molar-refractivity contribution in [1.82, 2.24) is 4.90 Å². The van der Waals surface area contributed by atoms with E-state index < -0.39 is 0 Å². The van der Waals surface area contributed by atoms with Crippen LogP contribution in [0.4, 0.5) is 0 Å². The maximum Gasteiger partial charge on any atom is 0.0452 e. The Morgan fingerprint density at radius 1 is 1.36 bits per heavy atom. The van der Waals surface area contributed by atoms with Gasteiger partial charge in [-0.05, 0) is 30.8 Å². The van der Waals surface area contributed by atoms with Gasteiger partial charge in [0.15, 0.2) is 0 Å². The van der Waals surface area contributed by atoms with Crippen LogP contribution in [0.5, 0.6) is 0 Å². The van der Waals surface area contributed by atoms with Crippen LogP contribution in [0.25, 0.3) is 0 Å². The Morgan fingerprint density at radius 3 is 2.71 bits per heavy atom. The van der Waals surface area contributed by atoms with Gasteiger partial charge in [0, 0.05) is 29.7 Å². The molecule has 78 valence electrons. The summed E-state index contributed by atoms with van der Waals surface area (Å²) in [5.74, 6) is 0. The van der Waals surface area contributed by atoms with Crippen LogP contribution < -0.4 is 5.73 Å². The monoisotopic (exact) mass is 232 g/mol. The first-order valence-electron chi connectivity index (χ1n) is 4.46. The zero-order chi connectivity index (χ0) is 10.6. The first kappa shape index (κ1) is 11.8. The predicted octanol–water partition coefficient (Wildman–Crippen LogP) is 2.38. The molecular weight excluding hydrogens is 219 g/mol. The van der Waals surface area contributed by atoms with E-state index in [0.29, 0.717) is 11.6 Å². The van der Waals surface area contributed by atoms with E-state index in [1.165, 1.54) is 0 Å². The van der Waals surface area contributed by atoms with Crippen LogP contribution in [0.15, 0.2) is 18.2 Å². The highest BCUT2D eigenvalue weighted by molar-refractivity contribution is 6.33. The molecule has 0 fully saturated rings. The molecule has 0 radical (unpaired) electrons. The summed E-state index contributed by atoms with van der Waals surface area (Å²) in [6.45, 7) is 2.27. The lowest BCUT2D eigenvalue weighted by Gasteiger charge is -2.16. The molecule has 0 aliphatic carbocycles. The highest BCUT2D eigenvalue weighted by Crippen LogP contribution is 2.21. The van der Waals surface area contributed by atoms with Crippen molar-refractivity contribution in [3.63, 3.8) is 0 Å². The van der Waals surface area contributed by atoms with E-state index in [-0.39, 0.29) is 0 Å². The second-order valence-electron chi connectivity index (χ2n) is 3.26. The molecule has 1 rings (SSSR count). The summed E-state index contributed by atoms with van der Waals surface area (Å²) < 4.78 is 0. The van der Waals surface area contributed by atoms with Crippen molar-refractivity contribution < 1.29 is 0 Å². The molecule has 0 unspecified atom stereocenters. The Hall–Kier alpha value is -0.280. The predicted molar refractivity (Wildman–Crippen MR) is 61.9 cm³/mol. The lowest BCUT2D eigenvalue weighted by atomic mass is 10.2. The molecule has 0 aromatic heterocycles. The molecule has 2 nitrogen and oxygen atoms in total. The summed E-state index contributed by atoms with van der Waals surface area (Å²) in [5.41, 5.74) is 6.49. The molecule has 0 heterocycles. The number of nitrogens with zero attached hydrogens (tertiary/aromatic N) is 1. The highest BCUT2D eigenvalue weighted by atomic mass is 35.5. The van der Waals surface area contributed by atoms with Gasteiger partial charge in [-0.1, -0.05) is 23.2 Å². The number of hydrogen-bond donors (Lipinski definition) is 1. The van der Waals surface area contributed by atoms with Gasteiger partial charge in [-0.3, -0.25) is 0 Å². The van der Waals surface area contributed by atoms with Gasteiger partial charge in [0.05, 0.1) is 0 Å². The number of benzene rings is 1. The standard InChI is InChI=1S/C10H14Cl2N2/c1-14(5-4-13)7-8-6-9(11)2-3-10(8)12/h2-3,6H,4-5,7,13H2,1H3. The summed E-state index contributed by atoms with van der Waals surface area (Å²) in [5, 5.41) is 1.46. The third-order valence-electron chi connectivity index (χ3n) is 1.96. The molecule has 0 aliphatic rings. The lowest BCUT2D eigenvalue weighted by Crippen LogP contribution is -2.25. The van der Waals surface area contributed by atoms with E-state index in [1.807, 2.05) is 19.2 Å². The zero-order valence-corrected chi connectivity index (χ0v) is 9.65. The molecule has 0 aliphatic heterocycles. The molecule has 1 aromatic carbocycles. The van der Waals surface area contributed by atoms with E-state index in [2.05, 4.69) is 4.90 Å². The second-order valence-corrected chi connectivity index (χ2v) is 4.11. The number of nitrogens with two attached hydrogens (primary N) is 1. The molecule has 0 bridgehead atoms. The summed E-state index contributed by atoms with van der Waals surface area (Å²) in [4.78, 5) is 2.11. The molecule has 0 atom stereocenters. The van der Waals surface area contributed by atoms with Crippen molar-refractivity contribution in [3.05, 3.63) is 33.8 Å². The average molecular weight is 233 g/mol. The normalized spacial score (nSPS) is 10.9. The Morgan fingerprint density at radius 2 is 2.07 bits per heavy atom. The van der Waals surface area contributed by atoms with Crippen molar-refractivity contribution in [2.24, 2.45) is 5.73 Å². The Balaban J connectivity index is 2.70. The first-order chi connectivity index (χ1) is 6.63. The fraction of sp³-hybridized carbons (Fsp3) is 0.400. The second kappa shape index (κ2) is 5.56. The van der Waals surface area contributed by atoms with Crippen molar-refractivity contribution in [1.29, 1.82) is 0 Å². The van der Waals surface area contributed by atoms with Crippen molar-refractivity contribution in [3.8, 4) is 0 Å². The van der Waals surface area contributed by atoms with Crippen molar-refractivity contribution in [2.45, 2.75) is 6.54 Å². The quantitative estimate of drug-likeness (QED) is 0.865. The Kier molecular flexibility index (Phi) is 4.69. The fourth-order valence-electron chi connectivity index (χ4n) is 1.25. The minimum atomic E-state index is 0.648. The number of halogens is 2. The molecule has 4 heteroatoms. The largest absolute Gasteiger partial charge is 0.329 e. The Labute approximate surface area is 94.6 Å². The number of likely N-dealkylation sites (N-methyl/N-ethyl adjacent to an activating group) is 1. The summed E-state index contributed by atoms with van der Waals surface area (Å²) >= 11 is 11.9. The minimum absolute atomic E-state index is 0.648. The topological polar surface area (TPSA) is 29.3 Å². The van der Waals surface area contributed by atoms with Gasteiger partial charge in [-0.15, -0.1) is 0 Å². The van der Waals surface area contributed by atoms with Gasteiger partial charge >= 0.3 is 0 Å². The van der Waals surface area contributed by atoms with Gasteiger partial charge in [0.2, 0.25) is 0 Å². The summed E-state index contributed by atoms with van der Waals surface area (Å²) in [7, 11) is 2.00. The smallest absolute Gasteiger partial charge is 0.0452 e. The van der Waals surface area contributed by atoms with Gasteiger partial charge < -0.3 is 10.6 Å². The van der Waals surface area contributed by atoms with Crippen molar-refractivity contribution >= 4 is 23.2 Å². The van der Waals surface area contributed by atoms with E-state index in [0.717, 1.165) is 23.7 Å². The molecule has 14 heavy (non-hydrogen) atoms. The van der Waals surface area contributed by atoms with Crippen LogP contribution in [0.3, 0.4) is 0 Å². The zero-order valence-electron chi connectivity index (χ0n) is 8.13. The molecule has 1 aromatic rings. The molecular formula is C10H14Cl2N2. The minimum Gasteiger partial charge on any atom is -0.329 e. The third kappa shape index (κ3) is 3.46. The molecule has 0 saturated heterocycles. The SMILES string of the molecule is CN(CCN)Cc1cc(Cl)ccc1Cl. The first-order valence-corrected chi connectivity index (χ1v) is 5.21. The van der Waals surface area contributed by atoms with Crippen LogP contribution in [0, 0.1) is 0 Å². The molecule has 2 N–H and O–H groups in total. The number of rotatable bonds is 4. The molecule has 0 saturated carbocycles.